The summed E-state index contributed by atoms with van der Waals surface area (Å²) in [6.07, 6.45) is -0.355. The van der Waals surface area contributed by atoms with E-state index in [0.29, 0.717) is 22.7 Å². The number of amides is 1. The van der Waals surface area contributed by atoms with Gasteiger partial charge in [-0.25, -0.2) is 0 Å². The molecule has 0 fully saturated rings. The number of hydrogen-bond acceptors (Lipinski definition) is 4. The van der Waals surface area contributed by atoms with E-state index in [-0.39, 0.29) is 30.6 Å². The lowest BCUT2D eigenvalue weighted by atomic mass is 9.85. The van der Waals surface area contributed by atoms with Crippen LogP contribution in [-0.2, 0) is 5.41 Å². The van der Waals surface area contributed by atoms with E-state index >= 15 is 0 Å². The SMILES string of the molecule is Cc1cc(C(C)(C)C)ccc1C(=O)Nc1ccc2c(c1)OCC(CO)O2. The van der Waals surface area contributed by atoms with Gasteiger partial charge in [-0.15, -0.1) is 0 Å². The maximum absolute atomic E-state index is 12.6. The Morgan fingerprint density at radius 3 is 2.62 bits per heavy atom. The number of hydrogen-bond donors (Lipinski definition) is 2. The number of aryl methyl sites for hydroxylation is 1. The summed E-state index contributed by atoms with van der Waals surface area (Å²) >= 11 is 0. The normalized spacial score (nSPS) is 16.3. The fourth-order valence-electron chi connectivity index (χ4n) is 2.87. The third-order valence-electron chi connectivity index (χ3n) is 4.46. The van der Waals surface area contributed by atoms with E-state index in [2.05, 4.69) is 32.2 Å². The molecule has 0 saturated heterocycles. The van der Waals surface area contributed by atoms with Crippen LogP contribution in [0.3, 0.4) is 0 Å². The number of ether oxygens (including phenoxy) is 2. The summed E-state index contributed by atoms with van der Waals surface area (Å²) in [5.41, 5.74) is 3.47. The molecule has 0 aliphatic carbocycles. The highest BCUT2D eigenvalue weighted by Gasteiger charge is 2.21. The van der Waals surface area contributed by atoms with E-state index in [1.807, 2.05) is 19.1 Å². The van der Waals surface area contributed by atoms with Gasteiger partial charge in [0.05, 0.1) is 6.61 Å². The lowest BCUT2D eigenvalue weighted by Crippen LogP contribution is -2.32. The Morgan fingerprint density at radius 1 is 1.19 bits per heavy atom. The first-order valence-corrected chi connectivity index (χ1v) is 8.75. The molecule has 2 aromatic carbocycles. The predicted octanol–water partition coefficient (Wildman–Crippen LogP) is 3.68. The molecule has 2 aromatic rings. The fraction of sp³-hybridized carbons (Fsp3) is 0.381. The minimum absolute atomic E-state index is 0.0437. The first-order chi connectivity index (χ1) is 12.3. The fourth-order valence-corrected chi connectivity index (χ4v) is 2.87. The highest BCUT2D eigenvalue weighted by Crippen LogP contribution is 2.34. The van der Waals surface area contributed by atoms with Crippen molar-refractivity contribution < 1.29 is 19.4 Å². The van der Waals surface area contributed by atoms with Crippen molar-refractivity contribution in [3.63, 3.8) is 0 Å². The van der Waals surface area contributed by atoms with Gasteiger partial charge in [-0.1, -0.05) is 32.9 Å². The molecule has 1 unspecified atom stereocenters. The van der Waals surface area contributed by atoms with Crippen molar-refractivity contribution in [2.45, 2.75) is 39.2 Å². The van der Waals surface area contributed by atoms with Gasteiger partial charge in [0.25, 0.3) is 5.91 Å². The van der Waals surface area contributed by atoms with Gasteiger partial charge < -0.3 is 19.9 Å². The molecule has 3 rings (SSSR count). The lowest BCUT2D eigenvalue weighted by molar-refractivity contribution is 0.0457. The maximum Gasteiger partial charge on any atom is 0.255 e. The second kappa shape index (κ2) is 7.00. The summed E-state index contributed by atoms with van der Waals surface area (Å²) in [7, 11) is 0. The topological polar surface area (TPSA) is 67.8 Å². The van der Waals surface area contributed by atoms with Crippen molar-refractivity contribution in [2.75, 3.05) is 18.5 Å². The molecule has 0 saturated carbocycles. The standard InChI is InChI=1S/C21H25NO4/c1-13-9-14(21(2,3)4)5-7-17(13)20(24)22-15-6-8-18-19(10-15)25-12-16(11-23)26-18/h5-10,16,23H,11-12H2,1-4H3,(H,22,24). The smallest absolute Gasteiger partial charge is 0.255 e. The average molecular weight is 355 g/mol. The van der Waals surface area contributed by atoms with Crippen molar-refractivity contribution in [3.05, 3.63) is 53.1 Å². The van der Waals surface area contributed by atoms with Crippen LogP contribution in [0, 0.1) is 6.92 Å². The van der Waals surface area contributed by atoms with Crippen LogP contribution in [0.25, 0.3) is 0 Å². The van der Waals surface area contributed by atoms with Crippen molar-refractivity contribution >= 4 is 11.6 Å². The maximum atomic E-state index is 12.6. The Hall–Kier alpha value is -2.53. The summed E-state index contributed by atoms with van der Waals surface area (Å²) in [5.74, 6) is 0.971. The molecule has 1 atom stereocenters. The molecule has 1 aliphatic rings. The number of carbonyl (C=O) groups is 1. The van der Waals surface area contributed by atoms with Crippen LogP contribution >= 0.6 is 0 Å². The highest BCUT2D eigenvalue weighted by atomic mass is 16.6. The van der Waals surface area contributed by atoms with E-state index in [1.54, 1.807) is 18.2 Å². The van der Waals surface area contributed by atoms with Crippen LogP contribution in [0.15, 0.2) is 36.4 Å². The van der Waals surface area contributed by atoms with Crippen molar-refractivity contribution in [1.29, 1.82) is 0 Å². The number of carbonyl (C=O) groups excluding carboxylic acids is 1. The van der Waals surface area contributed by atoms with Gasteiger partial charge in [0.1, 0.15) is 6.61 Å². The van der Waals surface area contributed by atoms with Gasteiger partial charge in [-0.2, -0.15) is 0 Å². The molecular formula is C21H25NO4. The van der Waals surface area contributed by atoms with Crippen molar-refractivity contribution in [1.82, 2.24) is 0 Å². The van der Waals surface area contributed by atoms with Crippen LogP contribution in [0.2, 0.25) is 0 Å². The zero-order valence-corrected chi connectivity index (χ0v) is 15.6. The Balaban J connectivity index is 1.77. The zero-order chi connectivity index (χ0) is 18.9. The third kappa shape index (κ3) is 3.83. The Bertz CT molecular complexity index is 823. The van der Waals surface area contributed by atoms with Gasteiger partial charge in [0.2, 0.25) is 0 Å². The molecule has 0 spiro atoms. The summed E-state index contributed by atoms with van der Waals surface area (Å²) in [5, 5.41) is 12.1. The van der Waals surface area contributed by atoms with Gasteiger partial charge in [0.15, 0.2) is 17.6 Å². The van der Waals surface area contributed by atoms with Gasteiger partial charge in [-0.3, -0.25) is 4.79 Å². The van der Waals surface area contributed by atoms with Crippen LogP contribution in [0.5, 0.6) is 11.5 Å². The first-order valence-electron chi connectivity index (χ1n) is 8.75. The summed E-state index contributed by atoms with van der Waals surface area (Å²) < 4.78 is 11.2. The molecule has 1 heterocycles. The predicted molar refractivity (Wildman–Crippen MR) is 101 cm³/mol. The second-order valence-electron chi connectivity index (χ2n) is 7.63. The van der Waals surface area contributed by atoms with E-state index in [1.165, 1.54) is 5.56 Å². The number of rotatable bonds is 3. The highest BCUT2D eigenvalue weighted by molar-refractivity contribution is 6.05. The largest absolute Gasteiger partial charge is 0.486 e. The number of anilines is 1. The number of fused-ring (bicyclic) bond motifs is 1. The van der Waals surface area contributed by atoms with Gasteiger partial charge >= 0.3 is 0 Å². The zero-order valence-electron chi connectivity index (χ0n) is 15.6. The second-order valence-corrected chi connectivity index (χ2v) is 7.63. The van der Waals surface area contributed by atoms with E-state index in [0.717, 1.165) is 5.56 Å². The Morgan fingerprint density at radius 2 is 1.96 bits per heavy atom. The molecule has 138 valence electrons. The van der Waals surface area contributed by atoms with Crippen LogP contribution in [0.1, 0.15) is 42.3 Å². The Kier molecular flexibility index (Phi) is 4.92. The van der Waals surface area contributed by atoms with Crippen molar-refractivity contribution in [3.8, 4) is 11.5 Å². The summed E-state index contributed by atoms with van der Waals surface area (Å²) in [6.45, 7) is 8.59. The summed E-state index contributed by atoms with van der Waals surface area (Å²) in [6, 6.07) is 11.2. The van der Waals surface area contributed by atoms with Gasteiger partial charge in [-0.05, 0) is 41.7 Å². The molecule has 26 heavy (non-hydrogen) atoms. The third-order valence-corrected chi connectivity index (χ3v) is 4.46. The quantitative estimate of drug-likeness (QED) is 0.881. The summed E-state index contributed by atoms with van der Waals surface area (Å²) in [4.78, 5) is 12.6. The molecule has 0 aromatic heterocycles. The monoisotopic (exact) mass is 355 g/mol. The van der Waals surface area contributed by atoms with Gasteiger partial charge in [0, 0.05) is 17.3 Å². The molecule has 1 aliphatic heterocycles. The number of aliphatic hydroxyl groups is 1. The lowest BCUT2D eigenvalue weighted by Gasteiger charge is -2.25. The molecule has 0 radical (unpaired) electrons. The molecule has 1 amide bonds. The minimum atomic E-state index is -0.355. The minimum Gasteiger partial charge on any atom is -0.486 e. The van der Waals surface area contributed by atoms with Crippen LogP contribution in [-0.4, -0.2) is 30.3 Å². The van der Waals surface area contributed by atoms with Crippen LogP contribution < -0.4 is 14.8 Å². The molecule has 5 heteroatoms. The Labute approximate surface area is 153 Å². The molecule has 2 N–H and O–H groups in total. The molecule has 0 bridgehead atoms. The first kappa shape index (κ1) is 18.3. The number of nitrogens with one attached hydrogen (secondary N) is 1. The van der Waals surface area contributed by atoms with E-state index in [4.69, 9.17) is 14.6 Å². The van der Waals surface area contributed by atoms with Crippen molar-refractivity contribution in [2.24, 2.45) is 0 Å². The molecule has 5 nitrogen and oxygen atoms in total. The number of aliphatic hydroxyl groups excluding tert-OH is 1. The van der Waals surface area contributed by atoms with E-state index in [9.17, 15) is 4.79 Å². The van der Waals surface area contributed by atoms with Crippen LogP contribution in [0.4, 0.5) is 5.69 Å². The molecular weight excluding hydrogens is 330 g/mol. The number of benzene rings is 2. The average Bonchev–Trinajstić information content (AvgIpc) is 2.60. The van der Waals surface area contributed by atoms with E-state index < -0.39 is 0 Å².